The number of carbonyl (C=O) groups is 1. The minimum atomic E-state index is -1.11. The molecule has 2 atom stereocenters. The smallest absolute Gasteiger partial charge is 0.255 e. The van der Waals surface area contributed by atoms with E-state index in [2.05, 4.69) is 17.2 Å². The first-order valence-electron chi connectivity index (χ1n) is 8.74. The second kappa shape index (κ2) is 7.57. The van der Waals surface area contributed by atoms with Gasteiger partial charge in [-0.1, -0.05) is 29.5 Å². The fourth-order valence-electron chi connectivity index (χ4n) is 3.36. The standard InChI is InChI=1S/C21H22ClNO3/c1-14-11-19(15(2)26-14)20(24)23-18-7-4-9-21(25,13-18)10-8-16-5-3-6-17(22)12-16/h3,5-6,11-12,18,25H,4,7,9,13H2,1-2H3,(H,23,24)/t18-,21+/m1/s1. The molecule has 1 fully saturated rings. The van der Waals surface area contributed by atoms with Crippen LogP contribution >= 0.6 is 11.6 Å². The van der Waals surface area contributed by atoms with Crippen LogP contribution in [0.2, 0.25) is 5.02 Å². The Hall–Kier alpha value is -2.22. The number of nitrogens with one attached hydrogen (secondary N) is 1. The van der Waals surface area contributed by atoms with Gasteiger partial charge in [-0.2, -0.15) is 0 Å². The minimum Gasteiger partial charge on any atom is -0.466 e. The molecule has 1 aromatic heterocycles. The van der Waals surface area contributed by atoms with Crippen LogP contribution in [-0.4, -0.2) is 22.7 Å². The molecule has 1 amide bonds. The monoisotopic (exact) mass is 371 g/mol. The maximum absolute atomic E-state index is 12.5. The van der Waals surface area contributed by atoms with Gasteiger partial charge in [0.1, 0.15) is 17.1 Å². The second-order valence-electron chi connectivity index (χ2n) is 6.89. The highest BCUT2D eigenvalue weighted by molar-refractivity contribution is 6.30. The molecule has 26 heavy (non-hydrogen) atoms. The Balaban J connectivity index is 1.69. The molecule has 4 nitrogen and oxygen atoms in total. The number of aryl methyl sites for hydroxylation is 2. The van der Waals surface area contributed by atoms with Gasteiger partial charge in [0.2, 0.25) is 0 Å². The lowest BCUT2D eigenvalue weighted by Crippen LogP contribution is -2.45. The first-order chi connectivity index (χ1) is 12.3. The van der Waals surface area contributed by atoms with Crippen molar-refractivity contribution in [3.05, 3.63) is 58.0 Å². The van der Waals surface area contributed by atoms with E-state index in [1.165, 1.54) is 0 Å². The van der Waals surface area contributed by atoms with Crippen molar-refractivity contribution in [1.82, 2.24) is 5.32 Å². The fraction of sp³-hybridized carbons (Fsp3) is 0.381. The molecule has 2 aromatic rings. The Morgan fingerprint density at radius 1 is 1.38 bits per heavy atom. The lowest BCUT2D eigenvalue weighted by Gasteiger charge is -2.33. The first-order valence-corrected chi connectivity index (χ1v) is 9.11. The van der Waals surface area contributed by atoms with Gasteiger partial charge in [-0.05, 0) is 57.4 Å². The Labute approximate surface area is 158 Å². The Morgan fingerprint density at radius 2 is 2.19 bits per heavy atom. The van der Waals surface area contributed by atoms with E-state index in [4.69, 9.17) is 16.0 Å². The number of rotatable bonds is 2. The number of halogens is 1. The molecule has 2 N–H and O–H groups in total. The minimum absolute atomic E-state index is 0.121. The number of benzene rings is 1. The zero-order valence-corrected chi connectivity index (χ0v) is 15.7. The van der Waals surface area contributed by atoms with Gasteiger partial charge in [-0.25, -0.2) is 0 Å². The van der Waals surface area contributed by atoms with Crippen molar-refractivity contribution in [1.29, 1.82) is 0 Å². The van der Waals surface area contributed by atoms with Gasteiger partial charge in [0, 0.05) is 23.0 Å². The summed E-state index contributed by atoms with van der Waals surface area (Å²) < 4.78 is 5.42. The number of amides is 1. The average molecular weight is 372 g/mol. The molecule has 1 aliphatic rings. The molecule has 3 rings (SSSR count). The van der Waals surface area contributed by atoms with Crippen LogP contribution in [0.25, 0.3) is 0 Å². The lowest BCUT2D eigenvalue weighted by molar-refractivity contribution is 0.0452. The fourth-order valence-corrected chi connectivity index (χ4v) is 3.55. The van der Waals surface area contributed by atoms with Crippen molar-refractivity contribution < 1.29 is 14.3 Å². The van der Waals surface area contributed by atoms with Gasteiger partial charge >= 0.3 is 0 Å². The van der Waals surface area contributed by atoms with E-state index in [1.54, 1.807) is 25.1 Å². The summed E-state index contributed by atoms with van der Waals surface area (Å²) in [4.78, 5) is 12.5. The largest absolute Gasteiger partial charge is 0.466 e. The molecule has 5 heteroatoms. The van der Waals surface area contributed by atoms with Crippen LogP contribution in [0.3, 0.4) is 0 Å². The van der Waals surface area contributed by atoms with E-state index < -0.39 is 5.60 Å². The van der Waals surface area contributed by atoms with Crippen LogP contribution in [0, 0.1) is 25.7 Å². The number of aliphatic hydroxyl groups is 1. The Bertz CT molecular complexity index is 877. The van der Waals surface area contributed by atoms with Gasteiger partial charge in [0.15, 0.2) is 0 Å². The lowest BCUT2D eigenvalue weighted by atomic mass is 9.82. The zero-order chi connectivity index (χ0) is 18.7. The molecule has 0 radical (unpaired) electrons. The van der Waals surface area contributed by atoms with E-state index >= 15 is 0 Å². The molecule has 1 aromatic carbocycles. The number of furan rings is 1. The van der Waals surface area contributed by atoms with Crippen molar-refractivity contribution in [3.63, 3.8) is 0 Å². The van der Waals surface area contributed by atoms with Gasteiger partial charge < -0.3 is 14.8 Å². The second-order valence-corrected chi connectivity index (χ2v) is 7.32. The molecular formula is C21H22ClNO3. The van der Waals surface area contributed by atoms with Gasteiger partial charge in [0.05, 0.1) is 5.56 Å². The molecule has 0 aliphatic heterocycles. The van der Waals surface area contributed by atoms with Crippen molar-refractivity contribution >= 4 is 17.5 Å². The molecule has 1 heterocycles. The summed E-state index contributed by atoms with van der Waals surface area (Å²) in [6.07, 6.45) is 2.62. The third kappa shape index (κ3) is 4.49. The molecular weight excluding hydrogens is 350 g/mol. The molecule has 136 valence electrons. The summed E-state index contributed by atoms with van der Waals surface area (Å²) in [5, 5.41) is 14.5. The van der Waals surface area contributed by atoms with Crippen molar-refractivity contribution in [2.75, 3.05) is 0 Å². The number of hydrogen-bond acceptors (Lipinski definition) is 3. The summed E-state index contributed by atoms with van der Waals surface area (Å²) in [6, 6.07) is 8.85. The highest BCUT2D eigenvalue weighted by Gasteiger charge is 2.34. The van der Waals surface area contributed by atoms with Crippen LogP contribution in [0.4, 0.5) is 0 Å². The number of hydrogen-bond donors (Lipinski definition) is 2. The van der Waals surface area contributed by atoms with Crippen LogP contribution < -0.4 is 5.32 Å². The Kier molecular flexibility index (Phi) is 5.41. The average Bonchev–Trinajstić information content (AvgIpc) is 2.92. The van der Waals surface area contributed by atoms with Crippen LogP contribution in [0.15, 0.2) is 34.7 Å². The van der Waals surface area contributed by atoms with Crippen LogP contribution in [0.1, 0.15) is 53.1 Å². The maximum Gasteiger partial charge on any atom is 0.255 e. The SMILES string of the molecule is Cc1cc(C(=O)N[C@@H]2CCC[C@](O)(C#Cc3cccc(Cl)c3)C2)c(C)o1. The topological polar surface area (TPSA) is 62.5 Å². The highest BCUT2D eigenvalue weighted by Crippen LogP contribution is 2.28. The molecule has 1 saturated carbocycles. The third-order valence-electron chi connectivity index (χ3n) is 4.61. The summed E-state index contributed by atoms with van der Waals surface area (Å²) in [6.45, 7) is 3.59. The molecule has 0 saturated heterocycles. The van der Waals surface area contributed by atoms with E-state index in [0.717, 1.165) is 18.4 Å². The predicted molar refractivity (Wildman–Crippen MR) is 101 cm³/mol. The quantitative estimate of drug-likeness (QED) is 0.784. The van der Waals surface area contributed by atoms with Crippen LogP contribution in [-0.2, 0) is 0 Å². The van der Waals surface area contributed by atoms with E-state index in [9.17, 15) is 9.90 Å². The summed E-state index contributed by atoms with van der Waals surface area (Å²) in [7, 11) is 0. The molecule has 0 unspecified atom stereocenters. The van der Waals surface area contributed by atoms with E-state index in [0.29, 0.717) is 34.9 Å². The van der Waals surface area contributed by atoms with E-state index in [1.807, 2.05) is 19.1 Å². The Morgan fingerprint density at radius 3 is 2.88 bits per heavy atom. The van der Waals surface area contributed by atoms with Gasteiger partial charge in [-0.15, -0.1) is 0 Å². The highest BCUT2D eigenvalue weighted by atomic mass is 35.5. The van der Waals surface area contributed by atoms with E-state index in [-0.39, 0.29) is 11.9 Å². The summed E-state index contributed by atoms with van der Waals surface area (Å²) in [5.74, 6) is 7.12. The first kappa shape index (κ1) is 18.6. The van der Waals surface area contributed by atoms with Gasteiger partial charge in [0.25, 0.3) is 5.91 Å². The zero-order valence-electron chi connectivity index (χ0n) is 14.9. The molecule has 0 bridgehead atoms. The third-order valence-corrected chi connectivity index (χ3v) is 4.85. The predicted octanol–water partition coefficient (Wildman–Crippen LogP) is 4.01. The van der Waals surface area contributed by atoms with Crippen LogP contribution in [0.5, 0.6) is 0 Å². The van der Waals surface area contributed by atoms with Gasteiger partial charge in [-0.3, -0.25) is 4.79 Å². The maximum atomic E-state index is 12.5. The molecule has 0 spiro atoms. The summed E-state index contributed by atoms with van der Waals surface area (Å²) in [5.41, 5.74) is 0.197. The number of carbonyl (C=O) groups excluding carboxylic acids is 1. The van der Waals surface area contributed by atoms with Crippen molar-refractivity contribution in [2.24, 2.45) is 0 Å². The molecule has 1 aliphatic carbocycles. The van der Waals surface area contributed by atoms with Crippen molar-refractivity contribution in [2.45, 2.75) is 51.2 Å². The normalized spacial score (nSPS) is 22.4. The van der Waals surface area contributed by atoms with Crippen molar-refractivity contribution in [3.8, 4) is 11.8 Å². The summed E-state index contributed by atoms with van der Waals surface area (Å²) >= 11 is 5.97.